The number of benzene rings is 3. The molecule has 34 heavy (non-hydrogen) atoms. The zero-order valence-corrected chi connectivity index (χ0v) is 18.8. The van der Waals surface area contributed by atoms with E-state index in [1.807, 2.05) is 49.4 Å². The lowest BCUT2D eigenvalue weighted by Crippen LogP contribution is -2.32. The molecule has 3 rings (SSSR count). The largest absolute Gasteiger partial charge is 0.483 e. The fourth-order valence-electron chi connectivity index (χ4n) is 3.05. The van der Waals surface area contributed by atoms with Crippen LogP contribution in [0.15, 0.2) is 84.0 Å². The Hall–Kier alpha value is -4.46. The fraction of sp³-hybridized carbons (Fsp3) is 0.154. The van der Waals surface area contributed by atoms with Crippen LogP contribution in [-0.4, -0.2) is 30.5 Å². The first-order valence-corrected chi connectivity index (χ1v) is 10.8. The predicted octanol–water partition coefficient (Wildman–Crippen LogP) is 3.03. The first-order valence-electron chi connectivity index (χ1n) is 10.8. The summed E-state index contributed by atoms with van der Waals surface area (Å²) in [5.41, 5.74) is 5.23. The summed E-state index contributed by atoms with van der Waals surface area (Å²) in [5, 5.41) is 9.22. The van der Waals surface area contributed by atoms with Gasteiger partial charge in [-0.25, -0.2) is 5.43 Å². The number of para-hydroxylation sites is 2. The molecule has 0 spiro atoms. The van der Waals surface area contributed by atoms with E-state index < -0.39 is 11.8 Å². The van der Waals surface area contributed by atoms with Gasteiger partial charge in [0.2, 0.25) is 0 Å². The van der Waals surface area contributed by atoms with Crippen LogP contribution >= 0.6 is 0 Å². The molecule has 3 aromatic rings. The predicted molar refractivity (Wildman–Crippen MR) is 130 cm³/mol. The van der Waals surface area contributed by atoms with Gasteiger partial charge in [-0.15, -0.1) is 0 Å². The third kappa shape index (κ3) is 7.30. The van der Waals surface area contributed by atoms with Gasteiger partial charge in [-0.3, -0.25) is 14.4 Å². The Morgan fingerprint density at radius 2 is 1.59 bits per heavy atom. The summed E-state index contributed by atoms with van der Waals surface area (Å²) < 4.78 is 5.60. The molecule has 174 valence electrons. The van der Waals surface area contributed by atoms with Crippen LogP contribution < -0.4 is 20.8 Å². The average molecular weight is 459 g/mol. The van der Waals surface area contributed by atoms with E-state index in [0.29, 0.717) is 23.5 Å². The van der Waals surface area contributed by atoms with Gasteiger partial charge >= 0.3 is 11.8 Å². The van der Waals surface area contributed by atoms with E-state index in [1.165, 1.54) is 6.21 Å². The van der Waals surface area contributed by atoms with Gasteiger partial charge in [0.1, 0.15) is 5.75 Å². The van der Waals surface area contributed by atoms with Crippen molar-refractivity contribution < 1.29 is 19.1 Å². The van der Waals surface area contributed by atoms with Gasteiger partial charge in [0.05, 0.1) is 6.21 Å². The minimum absolute atomic E-state index is 0.177. The van der Waals surface area contributed by atoms with E-state index >= 15 is 0 Å². The van der Waals surface area contributed by atoms with Crippen LogP contribution in [0.1, 0.15) is 23.6 Å². The quantitative estimate of drug-likeness (QED) is 0.260. The molecule has 0 aromatic heterocycles. The third-order valence-corrected chi connectivity index (χ3v) is 4.83. The van der Waals surface area contributed by atoms with Crippen LogP contribution in [0.2, 0.25) is 0 Å². The number of nitrogens with one attached hydrogen (secondary N) is 3. The molecule has 0 aliphatic carbocycles. The number of carbonyl (C=O) groups is 3. The summed E-state index contributed by atoms with van der Waals surface area (Å²) >= 11 is 0. The summed E-state index contributed by atoms with van der Waals surface area (Å²) in [4.78, 5) is 36.4. The van der Waals surface area contributed by atoms with Gasteiger partial charge in [0.25, 0.3) is 5.91 Å². The van der Waals surface area contributed by atoms with Crippen molar-refractivity contribution in [3.63, 3.8) is 0 Å². The standard InChI is InChI=1S/C26H26N4O4/c1-2-20-12-6-8-14-22(20)29-25(32)26(33)30-28-17-21-13-7-9-15-23(21)34-18-24(31)27-16-19-10-4-3-5-11-19/h3-15,17H,2,16,18H2,1H3,(H,27,31)(H,29,32)(H,30,33)/b28-17-. The normalized spacial score (nSPS) is 10.5. The topological polar surface area (TPSA) is 109 Å². The van der Waals surface area contributed by atoms with Crippen molar-refractivity contribution in [2.45, 2.75) is 19.9 Å². The minimum atomic E-state index is -0.902. The maximum Gasteiger partial charge on any atom is 0.329 e. The van der Waals surface area contributed by atoms with Gasteiger partial charge in [0.15, 0.2) is 6.61 Å². The molecule has 0 aliphatic heterocycles. The zero-order valence-electron chi connectivity index (χ0n) is 18.8. The molecule has 0 saturated carbocycles. The number of carbonyl (C=O) groups excluding carboxylic acids is 3. The van der Waals surface area contributed by atoms with Gasteiger partial charge in [0, 0.05) is 17.8 Å². The summed E-state index contributed by atoms with van der Waals surface area (Å²) in [6.45, 7) is 2.19. The number of amides is 3. The molecule has 0 fully saturated rings. The van der Waals surface area contributed by atoms with E-state index in [1.54, 1.807) is 36.4 Å². The number of aryl methyl sites for hydroxylation is 1. The van der Waals surface area contributed by atoms with Crippen LogP contribution in [-0.2, 0) is 27.3 Å². The summed E-state index contributed by atoms with van der Waals surface area (Å²) in [5.74, 6) is -1.58. The fourth-order valence-corrected chi connectivity index (χ4v) is 3.05. The second kappa shape index (κ2) is 12.5. The van der Waals surface area contributed by atoms with E-state index in [0.717, 1.165) is 17.5 Å². The second-order valence-electron chi connectivity index (χ2n) is 7.25. The van der Waals surface area contributed by atoms with Crippen LogP contribution in [0, 0.1) is 0 Å². The zero-order chi connectivity index (χ0) is 24.2. The number of nitrogens with zero attached hydrogens (tertiary/aromatic N) is 1. The average Bonchev–Trinajstić information content (AvgIpc) is 2.87. The maximum atomic E-state index is 12.2. The van der Waals surface area contributed by atoms with Crippen molar-refractivity contribution in [2.24, 2.45) is 5.10 Å². The molecule has 0 radical (unpaired) electrons. The summed E-state index contributed by atoms with van der Waals surface area (Å²) in [6.07, 6.45) is 2.07. The number of hydrogen-bond donors (Lipinski definition) is 3. The van der Waals surface area contributed by atoms with E-state index in [-0.39, 0.29) is 12.5 Å². The smallest absolute Gasteiger partial charge is 0.329 e. The minimum Gasteiger partial charge on any atom is -0.483 e. The highest BCUT2D eigenvalue weighted by atomic mass is 16.5. The molecule has 3 aromatic carbocycles. The van der Waals surface area contributed by atoms with Crippen molar-refractivity contribution in [3.8, 4) is 5.75 Å². The number of hydrogen-bond acceptors (Lipinski definition) is 5. The van der Waals surface area contributed by atoms with E-state index in [9.17, 15) is 14.4 Å². The molecule has 8 nitrogen and oxygen atoms in total. The van der Waals surface area contributed by atoms with Gasteiger partial charge in [-0.1, -0.05) is 67.6 Å². The van der Waals surface area contributed by atoms with Crippen molar-refractivity contribution >= 4 is 29.6 Å². The third-order valence-electron chi connectivity index (χ3n) is 4.83. The second-order valence-corrected chi connectivity index (χ2v) is 7.25. The maximum absolute atomic E-state index is 12.2. The Morgan fingerprint density at radius 3 is 2.38 bits per heavy atom. The first kappa shape index (κ1) is 24.2. The van der Waals surface area contributed by atoms with Crippen molar-refractivity contribution in [1.29, 1.82) is 0 Å². The Bertz CT molecular complexity index is 1160. The summed E-state index contributed by atoms with van der Waals surface area (Å²) in [6, 6.07) is 23.7. The van der Waals surface area contributed by atoms with Crippen LogP contribution in [0.3, 0.4) is 0 Å². The molecule has 0 heterocycles. The van der Waals surface area contributed by atoms with Crippen molar-refractivity contribution in [3.05, 3.63) is 95.6 Å². The van der Waals surface area contributed by atoms with Gasteiger partial charge < -0.3 is 15.4 Å². The first-order chi connectivity index (χ1) is 16.6. The molecule has 0 aliphatic rings. The monoisotopic (exact) mass is 458 g/mol. The highest BCUT2D eigenvalue weighted by Gasteiger charge is 2.14. The number of anilines is 1. The molecular weight excluding hydrogens is 432 g/mol. The van der Waals surface area contributed by atoms with Crippen molar-refractivity contribution in [1.82, 2.24) is 10.7 Å². The number of hydrazone groups is 1. The van der Waals surface area contributed by atoms with Crippen LogP contribution in [0.25, 0.3) is 0 Å². The lowest BCUT2D eigenvalue weighted by atomic mass is 10.1. The van der Waals surface area contributed by atoms with Crippen LogP contribution in [0.5, 0.6) is 5.75 Å². The molecule has 8 heteroatoms. The molecule has 3 amide bonds. The summed E-state index contributed by atoms with van der Waals surface area (Å²) in [7, 11) is 0. The molecule has 3 N–H and O–H groups in total. The number of rotatable bonds is 9. The Morgan fingerprint density at radius 1 is 0.882 bits per heavy atom. The molecule has 0 bridgehead atoms. The molecule has 0 saturated heterocycles. The van der Waals surface area contributed by atoms with Gasteiger partial charge in [-0.05, 0) is 35.7 Å². The van der Waals surface area contributed by atoms with E-state index in [2.05, 4.69) is 21.2 Å². The highest BCUT2D eigenvalue weighted by Crippen LogP contribution is 2.16. The molecule has 0 unspecified atom stereocenters. The molecular formula is C26H26N4O4. The number of ether oxygens (including phenoxy) is 1. The van der Waals surface area contributed by atoms with Crippen LogP contribution in [0.4, 0.5) is 5.69 Å². The Labute approximate surface area is 198 Å². The Balaban J connectivity index is 1.50. The van der Waals surface area contributed by atoms with E-state index in [4.69, 9.17) is 4.74 Å². The SMILES string of the molecule is CCc1ccccc1NC(=O)C(=O)N/N=C\c1ccccc1OCC(=O)NCc1ccccc1. The lowest BCUT2D eigenvalue weighted by molar-refractivity contribution is -0.136. The molecule has 0 atom stereocenters. The van der Waals surface area contributed by atoms with Gasteiger partial charge in [-0.2, -0.15) is 5.10 Å². The lowest BCUT2D eigenvalue weighted by Gasteiger charge is -2.10. The highest BCUT2D eigenvalue weighted by molar-refractivity contribution is 6.39. The Kier molecular flexibility index (Phi) is 8.92. The van der Waals surface area contributed by atoms with Crippen molar-refractivity contribution in [2.75, 3.05) is 11.9 Å².